The molecule has 0 radical (unpaired) electrons. The van der Waals surface area contributed by atoms with Crippen LogP contribution in [0.3, 0.4) is 0 Å². The predicted octanol–water partition coefficient (Wildman–Crippen LogP) is 0.356. The van der Waals surface area contributed by atoms with E-state index in [1.807, 2.05) is 0 Å². The second kappa shape index (κ2) is 4.82. The summed E-state index contributed by atoms with van der Waals surface area (Å²) < 4.78 is 31.6. The van der Waals surface area contributed by atoms with Gasteiger partial charge in [-0.3, -0.25) is 4.55 Å². The lowest BCUT2D eigenvalue weighted by Gasteiger charge is -2.18. The average Bonchev–Trinajstić information content (AvgIpc) is 2.28. The number of nitrogens with zero attached hydrogens (tertiary/aromatic N) is 2. The quantitative estimate of drug-likeness (QED) is 0.473. The number of aliphatic imine (C=N–C) groups is 2. The van der Waals surface area contributed by atoms with E-state index in [0.29, 0.717) is 0 Å². The fourth-order valence-corrected chi connectivity index (χ4v) is 1.94. The molecule has 88 valence electrons. The predicted molar refractivity (Wildman–Crippen MR) is 55.9 cm³/mol. The second-order valence-corrected chi connectivity index (χ2v) is 4.37. The SMILES string of the molecule is O=C=NC(N=C=O)(c1ccccc1)S(=O)(=O)O. The van der Waals surface area contributed by atoms with Crippen molar-refractivity contribution in [1.29, 1.82) is 0 Å². The number of hydrogen-bond donors (Lipinski definition) is 1. The van der Waals surface area contributed by atoms with Gasteiger partial charge in [-0.15, -0.1) is 0 Å². The van der Waals surface area contributed by atoms with Gasteiger partial charge >= 0.3 is 15.1 Å². The first-order chi connectivity index (χ1) is 7.98. The van der Waals surface area contributed by atoms with Crippen molar-refractivity contribution < 1.29 is 22.6 Å². The molecule has 0 saturated carbocycles. The summed E-state index contributed by atoms with van der Waals surface area (Å²) in [5.41, 5.74) is -0.172. The Morgan fingerprint density at radius 3 is 1.88 bits per heavy atom. The Morgan fingerprint density at radius 2 is 1.53 bits per heavy atom. The Balaban J connectivity index is 3.70. The molecule has 0 aliphatic carbocycles. The van der Waals surface area contributed by atoms with Crippen molar-refractivity contribution in [2.75, 3.05) is 0 Å². The first kappa shape index (κ1) is 13.0. The van der Waals surface area contributed by atoms with Gasteiger partial charge in [0.15, 0.2) is 0 Å². The largest absolute Gasteiger partial charge is 0.324 e. The Bertz CT molecular complexity index is 580. The number of benzene rings is 1. The molecule has 1 N–H and O–H groups in total. The number of carbonyl (C=O) groups excluding carboxylic acids is 2. The van der Waals surface area contributed by atoms with Gasteiger partial charge in [-0.25, -0.2) is 9.59 Å². The van der Waals surface area contributed by atoms with Crippen LogP contribution in [0.15, 0.2) is 40.3 Å². The lowest BCUT2D eigenvalue weighted by Crippen LogP contribution is -2.31. The highest BCUT2D eigenvalue weighted by atomic mass is 32.2. The Kier molecular flexibility index (Phi) is 3.67. The third-order valence-corrected chi connectivity index (χ3v) is 3.04. The maximum atomic E-state index is 11.2. The Hall–Kier alpha value is -2.11. The van der Waals surface area contributed by atoms with Crippen molar-refractivity contribution in [2.24, 2.45) is 9.98 Å². The monoisotopic (exact) mass is 254 g/mol. The number of rotatable bonds is 4. The van der Waals surface area contributed by atoms with E-state index in [1.54, 1.807) is 6.07 Å². The molecule has 7 nitrogen and oxygen atoms in total. The topological polar surface area (TPSA) is 113 Å². The molecule has 8 heteroatoms. The third kappa shape index (κ3) is 2.35. The molecule has 1 rings (SSSR count). The highest BCUT2D eigenvalue weighted by Crippen LogP contribution is 2.32. The van der Waals surface area contributed by atoms with Gasteiger partial charge in [-0.2, -0.15) is 18.4 Å². The molecule has 0 aliphatic rings. The maximum Gasteiger partial charge on any atom is 0.324 e. The zero-order chi connectivity index (χ0) is 12.9. The van der Waals surface area contributed by atoms with Gasteiger partial charge in [0.05, 0.1) is 0 Å². The summed E-state index contributed by atoms with van der Waals surface area (Å²) in [7, 11) is -4.96. The van der Waals surface area contributed by atoms with Gasteiger partial charge in [0.25, 0.3) is 0 Å². The molecule has 17 heavy (non-hydrogen) atoms. The zero-order valence-corrected chi connectivity index (χ0v) is 9.09. The molecule has 0 atom stereocenters. The van der Waals surface area contributed by atoms with Crippen LogP contribution in [-0.4, -0.2) is 25.1 Å². The number of isocyanates is 2. The molecule has 0 unspecified atom stereocenters. The van der Waals surface area contributed by atoms with E-state index in [4.69, 9.17) is 4.55 Å². The summed E-state index contributed by atoms with van der Waals surface area (Å²) >= 11 is 0. The lowest BCUT2D eigenvalue weighted by molar-refractivity contribution is 0.430. The van der Waals surface area contributed by atoms with Crippen LogP contribution in [0, 0.1) is 0 Å². The normalized spacial score (nSPS) is 13.9. The highest BCUT2D eigenvalue weighted by Gasteiger charge is 2.45. The Labute approximate surface area is 96.3 Å². The number of hydrogen-bond acceptors (Lipinski definition) is 6. The van der Waals surface area contributed by atoms with Crippen LogP contribution in [0.4, 0.5) is 0 Å². The second-order valence-electron chi connectivity index (χ2n) is 2.86. The minimum atomic E-state index is -4.96. The van der Waals surface area contributed by atoms with Crippen LogP contribution < -0.4 is 0 Å². The van der Waals surface area contributed by atoms with E-state index < -0.39 is 15.1 Å². The third-order valence-electron chi connectivity index (χ3n) is 1.90. The van der Waals surface area contributed by atoms with Crippen LogP contribution in [0.25, 0.3) is 0 Å². The molecule has 0 spiro atoms. The van der Waals surface area contributed by atoms with Crippen molar-refractivity contribution in [3.8, 4) is 0 Å². The van der Waals surface area contributed by atoms with Crippen LogP contribution in [0.1, 0.15) is 5.56 Å². The van der Waals surface area contributed by atoms with Gasteiger partial charge in [0, 0.05) is 5.56 Å². The van der Waals surface area contributed by atoms with Crippen molar-refractivity contribution in [2.45, 2.75) is 4.99 Å². The van der Waals surface area contributed by atoms with Gasteiger partial charge in [-0.05, 0) is 0 Å². The van der Waals surface area contributed by atoms with Gasteiger partial charge in [0.1, 0.15) is 0 Å². The maximum absolute atomic E-state index is 11.2. The summed E-state index contributed by atoms with van der Waals surface area (Å²) in [4.78, 5) is 23.6. The molecular weight excluding hydrogens is 248 g/mol. The van der Waals surface area contributed by atoms with E-state index in [2.05, 4.69) is 9.98 Å². The zero-order valence-electron chi connectivity index (χ0n) is 8.27. The van der Waals surface area contributed by atoms with Crippen molar-refractivity contribution in [3.63, 3.8) is 0 Å². The first-order valence-electron chi connectivity index (χ1n) is 4.18. The molecule has 0 amide bonds. The van der Waals surface area contributed by atoms with Crippen molar-refractivity contribution in [3.05, 3.63) is 35.9 Å². The van der Waals surface area contributed by atoms with E-state index in [0.717, 1.165) is 12.2 Å². The van der Waals surface area contributed by atoms with E-state index in [1.165, 1.54) is 24.3 Å². The summed E-state index contributed by atoms with van der Waals surface area (Å²) in [6, 6.07) is 6.88. The van der Waals surface area contributed by atoms with Crippen molar-refractivity contribution in [1.82, 2.24) is 0 Å². The summed E-state index contributed by atoms with van der Waals surface area (Å²) in [6.07, 6.45) is 1.92. The fourth-order valence-electron chi connectivity index (χ4n) is 1.20. The lowest BCUT2D eigenvalue weighted by atomic mass is 10.2. The summed E-state index contributed by atoms with van der Waals surface area (Å²) in [6.45, 7) is 0. The van der Waals surface area contributed by atoms with Crippen LogP contribution >= 0.6 is 0 Å². The standard InChI is InChI=1S/C9H6N2O5S/c12-6-10-9(11-7-13,17(14,15)16)8-4-2-1-3-5-8/h1-5H,(H,14,15,16). The van der Waals surface area contributed by atoms with E-state index in [9.17, 15) is 18.0 Å². The molecule has 1 aromatic carbocycles. The van der Waals surface area contributed by atoms with Crippen LogP contribution in [0.5, 0.6) is 0 Å². The molecule has 0 saturated heterocycles. The van der Waals surface area contributed by atoms with Gasteiger partial charge in [0.2, 0.25) is 12.2 Å². The summed E-state index contributed by atoms with van der Waals surface area (Å²) in [5.74, 6) is 0. The Morgan fingerprint density at radius 1 is 1.06 bits per heavy atom. The first-order valence-corrected chi connectivity index (χ1v) is 5.62. The minimum absolute atomic E-state index is 0.172. The van der Waals surface area contributed by atoms with E-state index >= 15 is 0 Å². The summed E-state index contributed by atoms with van der Waals surface area (Å²) in [5, 5.41) is 0. The molecule has 0 fully saturated rings. The fraction of sp³-hybridized carbons (Fsp3) is 0.111. The molecule has 0 aromatic heterocycles. The highest BCUT2D eigenvalue weighted by molar-refractivity contribution is 7.86. The van der Waals surface area contributed by atoms with Gasteiger partial charge < -0.3 is 0 Å². The van der Waals surface area contributed by atoms with E-state index in [-0.39, 0.29) is 5.56 Å². The smallest absolute Gasteiger partial charge is 0.282 e. The minimum Gasteiger partial charge on any atom is -0.282 e. The molecule has 1 aromatic rings. The van der Waals surface area contributed by atoms with Crippen LogP contribution in [-0.2, 0) is 24.7 Å². The van der Waals surface area contributed by atoms with Gasteiger partial charge in [-0.1, -0.05) is 30.3 Å². The van der Waals surface area contributed by atoms with Crippen LogP contribution in [0.2, 0.25) is 0 Å². The molecule has 0 aliphatic heterocycles. The molecular formula is C9H6N2O5S. The molecule has 0 heterocycles. The molecule has 0 bridgehead atoms. The average molecular weight is 254 g/mol. The van der Waals surface area contributed by atoms with Crippen molar-refractivity contribution >= 4 is 22.3 Å².